The minimum atomic E-state index is 0.660. The van der Waals surface area contributed by atoms with Gasteiger partial charge in [-0.05, 0) is 79.5 Å². The topological polar surface area (TPSA) is 41.9 Å². The zero-order chi connectivity index (χ0) is 17.0. The SMILES string of the molecule is Cc1cccc(NC(=S)NCCCn2nc(C)c(Br)c2C)c1C. The maximum absolute atomic E-state index is 5.37. The molecule has 0 bridgehead atoms. The number of benzene rings is 1. The van der Waals surface area contributed by atoms with Crippen molar-refractivity contribution in [3.63, 3.8) is 0 Å². The molecule has 0 atom stereocenters. The van der Waals surface area contributed by atoms with Crippen LogP contribution in [0.2, 0.25) is 0 Å². The monoisotopic (exact) mass is 394 g/mol. The lowest BCUT2D eigenvalue weighted by Crippen LogP contribution is -2.30. The summed E-state index contributed by atoms with van der Waals surface area (Å²) in [5.74, 6) is 0. The van der Waals surface area contributed by atoms with Crippen molar-refractivity contribution in [1.29, 1.82) is 0 Å². The lowest BCUT2D eigenvalue weighted by Gasteiger charge is -2.14. The van der Waals surface area contributed by atoms with E-state index >= 15 is 0 Å². The summed E-state index contributed by atoms with van der Waals surface area (Å²) in [6, 6.07) is 6.18. The van der Waals surface area contributed by atoms with Crippen molar-refractivity contribution >= 4 is 38.9 Å². The van der Waals surface area contributed by atoms with Gasteiger partial charge in [0.2, 0.25) is 0 Å². The summed E-state index contributed by atoms with van der Waals surface area (Å²) in [6.45, 7) is 9.97. The van der Waals surface area contributed by atoms with E-state index in [2.05, 4.69) is 58.5 Å². The first-order chi connectivity index (χ1) is 10.9. The molecule has 0 radical (unpaired) electrons. The van der Waals surface area contributed by atoms with Crippen LogP contribution in [0.4, 0.5) is 5.69 Å². The van der Waals surface area contributed by atoms with Gasteiger partial charge in [-0.3, -0.25) is 4.68 Å². The average molecular weight is 395 g/mol. The lowest BCUT2D eigenvalue weighted by molar-refractivity contribution is 0.558. The molecular weight excluding hydrogens is 372 g/mol. The number of aryl methyl sites for hydroxylation is 3. The fraction of sp³-hybridized carbons (Fsp3) is 0.412. The van der Waals surface area contributed by atoms with Crippen LogP contribution in [0.3, 0.4) is 0 Å². The molecule has 0 saturated heterocycles. The molecule has 0 aliphatic rings. The highest BCUT2D eigenvalue weighted by Crippen LogP contribution is 2.20. The number of aromatic nitrogens is 2. The van der Waals surface area contributed by atoms with Gasteiger partial charge in [-0.1, -0.05) is 12.1 Å². The third-order valence-electron chi connectivity index (χ3n) is 3.98. The molecule has 0 unspecified atom stereocenters. The second kappa shape index (κ2) is 7.93. The average Bonchev–Trinajstić information content (AvgIpc) is 2.76. The first-order valence-electron chi connectivity index (χ1n) is 7.70. The van der Waals surface area contributed by atoms with Crippen LogP contribution in [0.1, 0.15) is 28.9 Å². The molecular formula is C17H23BrN4S. The molecule has 124 valence electrons. The van der Waals surface area contributed by atoms with Crippen molar-refractivity contribution in [3.8, 4) is 0 Å². The second-order valence-corrected chi connectivity index (χ2v) is 6.89. The van der Waals surface area contributed by atoms with Gasteiger partial charge in [0, 0.05) is 24.5 Å². The van der Waals surface area contributed by atoms with Gasteiger partial charge in [-0.25, -0.2) is 0 Å². The normalized spacial score (nSPS) is 10.7. The summed E-state index contributed by atoms with van der Waals surface area (Å²) in [7, 11) is 0. The highest BCUT2D eigenvalue weighted by atomic mass is 79.9. The Morgan fingerprint density at radius 3 is 2.65 bits per heavy atom. The Morgan fingerprint density at radius 1 is 1.26 bits per heavy atom. The summed E-state index contributed by atoms with van der Waals surface area (Å²) in [4.78, 5) is 0. The molecule has 0 spiro atoms. The minimum absolute atomic E-state index is 0.660. The Bertz CT molecular complexity index is 709. The predicted octanol–water partition coefficient (Wildman–Crippen LogP) is 4.26. The minimum Gasteiger partial charge on any atom is -0.362 e. The molecule has 0 aliphatic carbocycles. The van der Waals surface area contributed by atoms with E-state index in [0.717, 1.165) is 35.4 Å². The molecule has 2 N–H and O–H groups in total. The third kappa shape index (κ3) is 4.54. The highest BCUT2D eigenvalue weighted by molar-refractivity contribution is 9.10. The molecule has 2 rings (SSSR count). The van der Waals surface area contributed by atoms with Gasteiger partial charge >= 0.3 is 0 Å². The molecule has 1 aromatic heterocycles. The molecule has 0 aliphatic heterocycles. The standard InChI is InChI=1S/C17H23BrN4S/c1-11-7-5-8-15(12(11)2)20-17(23)19-9-6-10-22-14(4)16(18)13(3)21-22/h5,7-8H,6,9-10H2,1-4H3,(H2,19,20,23). The molecule has 0 fully saturated rings. The number of rotatable bonds is 5. The molecule has 0 amide bonds. The lowest BCUT2D eigenvalue weighted by atomic mass is 10.1. The Kier molecular flexibility index (Phi) is 6.18. The second-order valence-electron chi connectivity index (χ2n) is 5.69. The third-order valence-corrected chi connectivity index (χ3v) is 5.37. The predicted molar refractivity (Wildman–Crippen MR) is 104 cm³/mol. The summed E-state index contributed by atoms with van der Waals surface area (Å²) in [6.07, 6.45) is 0.961. The first kappa shape index (κ1) is 17.9. The van der Waals surface area contributed by atoms with Gasteiger partial charge in [0.05, 0.1) is 10.2 Å². The van der Waals surface area contributed by atoms with Crippen LogP contribution in [0.15, 0.2) is 22.7 Å². The van der Waals surface area contributed by atoms with E-state index in [1.165, 1.54) is 16.8 Å². The first-order valence-corrected chi connectivity index (χ1v) is 8.91. The van der Waals surface area contributed by atoms with Crippen molar-refractivity contribution in [2.75, 3.05) is 11.9 Å². The van der Waals surface area contributed by atoms with Gasteiger partial charge < -0.3 is 10.6 Å². The Morgan fingerprint density at radius 2 is 2.00 bits per heavy atom. The number of thiocarbonyl (C=S) groups is 1. The maximum atomic E-state index is 5.37. The van der Waals surface area contributed by atoms with E-state index in [1.807, 2.05) is 23.7 Å². The van der Waals surface area contributed by atoms with Crippen LogP contribution in [0.5, 0.6) is 0 Å². The van der Waals surface area contributed by atoms with E-state index in [-0.39, 0.29) is 0 Å². The van der Waals surface area contributed by atoms with Crippen LogP contribution < -0.4 is 10.6 Å². The van der Waals surface area contributed by atoms with Crippen LogP contribution in [-0.4, -0.2) is 21.4 Å². The quantitative estimate of drug-likeness (QED) is 0.587. The van der Waals surface area contributed by atoms with E-state index in [4.69, 9.17) is 12.2 Å². The van der Waals surface area contributed by atoms with Crippen LogP contribution >= 0.6 is 28.1 Å². The Labute approximate surface area is 151 Å². The molecule has 6 heteroatoms. The van der Waals surface area contributed by atoms with Crippen LogP contribution in [0.25, 0.3) is 0 Å². The number of anilines is 1. The summed E-state index contributed by atoms with van der Waals surface area (Å²) >= 11 is 8.92. The highest BCUT2D eigenvalue weighted by Gasteiger charge is 2.08. The van der Waals surface area contributed by atoms with Crippen molar-refractivity contribution in [1.82, 2.24) is 15.1 Å². The number of halogens is 1. The maximum Gasteiger partial charge on any atom is 0.170 e. The summed E-state index contributed by atoms with van der Waals surface area (Å²) in [5, 5.41) is 11.7. The summed E-state index contributed by atoms with van der Waals surface area (Å²) < 4.78 is 3.13. The molecule has 1 aromatic carbocycles. The largest absolute Gasteiger partial charge is 0.362 e. The molecule has 2 aromatic rings. The van der Waals surface area contributed by atoms with Gasteiger partial charge in [0.1, 0.15) is 0 Å². The van der Waals surface area contributed by atoms with Gasteiger partial charge in [0.15, 0.2) is 5.11 Å². The number of nitrogens with one attached hydrogen (secondary N) is 2. The van der Waals surface area contributed by atoms with Gasteiger partial charge in [-0.2, -0.15) is 5.10 Å². The van der Waals surface area contributed by atoms with Crippen LogP contribution in [0, 0.1) is 27.7 Å². The molecule has 1 heterocycles. The zero-order valence-electron chi connectivity index (χ0n) is 14.0. The van der Waals surface area contributed by atoms with Crippen molar-refractivity contribution in [2.24, 2.45) is 0 Å². The molecule has 23 heavy (non-hydrogen) atoms. The van der Waals surface area contributed by atoms with Gasteiger partial charge in [-0.15, -0.1) is 0 Å². The molecule has 0 saturated carbocycles. The number of hydrogen-bond donors (Lipinski definition) is 2. The fourth-order valence-corrected chi connectivity index (χ4v) is 2.87. The molecule has 4 nitrogen and oxygen atoms in total. The van der Waals surface area contributed by atoms with Gasteiger partial charge in [0.25, 0.3) is 0 Å². The Hall–Kier alpha value is -1.40. The number of hydrogen-bond acceptors (Lipinski definition) is 2. The van der Waals surface area contributed by atoms with Crippen LogP contribution in [-0.2, 0) is 6.54 Å². The van der Waals surface area contributed by atoms with E-state index in [0.29, 0.717) is 5.11 Å². The van der Waals surface area contributed by atoms with Crippen molar-refractivity contribution < 1.29 is 0 Å². The Balaban J connectivity index is 1.79. The van der Waals surface area contributed by atoms with E-state index < -0.39 is 0 Å². The van der Waals surface area contributed by atoms with E-state index in [1.54, 1.807) is 0 Å². The summed E-state index contributed by atoms with van der Waals surface area (Å²) in [5.41, 5.74) is 5.74. The smallest absolute Gasteiger partial charge is 0.170 e. The zero-order valence-corrected chi connectivity index (χ0v) is 16.4. The fourth-order valence-electron chi connectivity index (χ4n) is 2.38. The van der Waals surface area contributed by atoms with E-state index in [9.17, 15) is 0 Å². The number of nitrogens with zero attached hydrogens (tertiary/aromatic N) is 2. The van der Waals surface area contributed by atoms with Crippen molar-refractivity contribution in [2.45, 2.75) is 40.7 Å². The van der Waals surface area contributed by atoms with Crippen molar-refractivity contribution in [3.05, 3.63) is 45.2 Å².